The van der Waals surface area contributed by atoms with Gasteiger partial charge in [-0.15, -0.1) is 0 Å². The highest BCUT2D eigenvalue weighted by molar-refractivity contribution is 5.94. The van der Waals surface area contributed by atoms with Crippen LogP contribution in [0.5, 0.6) is 0 Å². The van der Waals surface area contributed by atoms with E-state index in [1.807, 2.05) is 35.0 Å². The summed E-state index contributed by atoms with van der Waals surface area (Å²) in [5.74, 6) is -2.51. The quantitative estimate of drug-likeness (QED) is 0.782. The van der Waals surface area contributed by atoms with Crippen molar-refractivity contribution in [2.75, 3.05) is 0 Å². The summed E-state index contributed by atoms with van der Waals surface area (Å²) in [5, 5.41) is 2.53. The highest BCUT2D eigenvalue weighted by atomic mass is 19.1. The maximum absolute atomic E-state index is 13.6. The van der Waals surface area contributed by atoms with E-state index in [4.69, 9.17) is 0 Å². The van der Waals surface area contributed by atoms with Gasteiger partial charge in [0.05, 0.1) is 6.33 Å². The van der Waals surface area contributed by atoms with Gasteiger partial charge in [0.1, 0.15) is 17.2 Å². The van der Waals surface area contributed by atoms with Gasteiger partial charge in [0, 0.05) is 25.5 Å². The van der Waals surface area contributed by atoms with E-state index in [1.54, 1.807) is 12.5 Å². The van der Waals surface area contributed by atoms with Crippen molar-refractivity contribution >= 4 is 5.91 Å². The van der Waals surface area contributed by atoms with Crippen molar-refractivity contribution in [3.8, 4) is 0 Å². The van der Waals surface area contributed by atoms with Crippen LogP contribution in [-0.2, 0) is 13.1 Å². The van der Waals surface area contributed by atoms with Gasteiger partial charge >= 0.3 is 0 Å². The zero-order valence-electron chi connectivity index (χ0n) is 12.7. The minimum absolute atomic E-state index is 0.192. The average molecular weight is 327 g/mol. The zero-order valence-corrected chi connectivity index (χ0v) is 12.7. The lowest BCUT2D eigenvalue weighted by Gasteiger charge is -2.08. The number of nitrogens with one attached hydrogen (secondary N) is 1. The topological polar surface area (TPSA) is 46.9 Å². The van der Waals surface area contributed by atoms with Crippen molar-refractivity contribution in [3.05, 3.63) is 89.5 Å². The van der Waals surface area contributed by atoms with Gasteiger partial charge in [0.2, 0.25) is 0 Å². The van der Waals surface area contributed by atoms with E-state index in [0.717, 1.165) is 23.3 Å². The first kappa shape index (κ1) is 15.9. The molecule has 0 saturated heterocycles. The smallest absolute Gasteiger partial charge is 0.257 e. The van der Waals surface area contributed by atoms with Crippen LogP contribution in [0.25, 0.3) is 0 Å². The second-order valence-electron chi connectivity index (χ2n) is 5.33. The fourth-order valence-corrected chi connectivity index (χ4v) is 2.34. The Bertz CT molecular complexity index is 810. The SMILES string of the molecule is O=C(NCc1ccc(Cn2ccnc2)cc1)c1c(F)cccc1F. The number of benzene rings is 2. The van der Waals surface area contributed by atoms with Gasteiger partial charge < -0.3 is 9.88 Å². The summed E-state index contributed by atoms with van der Waals surface area (Å²) < 4.78 is 29.0. The first-order chi connectivity index (χ1) is 11.6. The van der Waals surface area contributed by atoms with Crippen molar-refractivity contribution in [2.45, 2.75) is 13.1 Å². The summed E-state index contributed by atoms with van der Waals surface area (Å²) in [6.07, 6.45) is 5.32. The Labute approximate surface area is 137 Å². The van der Waals surface area contributed by atoms with Crippen molar-refractivity contribution in [1.82, 2.24) is 14.9 Å². The van der Waals surface area contributed by atoms with Gasteiger partial charge in [-0.1, -0.05) is 30.3 Å². The number of nitrogens with zero attached hydrogens (tertiary/aromatic N) is 2. The molecule has 0 atom stereocenters. The maximum Gasteiger partial charge on any atom is 0.257 e. The van der Waals surface area contributed by atoms with Crippen LogP contribution in [0.4, 0.5) is 8.78 Å². The normalized spacial score (nSPS) is 10.6. The molecular weight excluding hydrogens is 312 g/mol. The standard InChI is InChI=1S/C18H15F2N3O/c19-15-2-1-3-16(20)17(15)18(24)22-10-13-4-6-14(7-5-13)11-23-9-8-21-12-23/h1-9,12H,10-11H2,(H,22,24). The molecule has 122 valence electrons. The molecule has 3 rings (SSSR count). The van der Waals surface area contributed by atoms with Crippen molar-refractivity contribution in [2.24, 2.45) is 0 Å². The Kier molecular flexibility index (Phi) is 4.65. The number of imidazole rings is 1. The van der Waals surface area contributed by atoms with Crippen LogP contribution in [-0.4, -0.2) is 15.5 Å². The first-order valence-electron chi connectivity index (χ1n) is 7.39. The fourth-order valence-electron chi connectivity index (χ4n) is 2.34. The Balaban J connectivity index is 1.61. The average Bonchev–Trinajstić information content (AvgIpc) is 3.07. The third kappa shape index (κ3) is 3.65. The number of rotatable bonds is 5. The van der Waals surface area contributed by atoms with E-state index >= 15 is 0 Å². The zero-order chi connectivity index (χ0) is 16.9. The van der Waals surface area contributed by atoms with Crippen LogP contribution in [0, 0.1) is 11.6 Å². The molecule has 6 heteroatoms. The Morgan fingerprint density at radius 1 is 1.04 bits per heavy atom. The summed E-state index contributed by atoms with van der Waals surface area (Å²) in [5.41, 5.74) is 1.37. The highest BCUT2D eigenvalue weighted by Gasteiger charge is 2.16. The van der Waals surface area contributed by atoms with Crippen molar-refractivity contribution in [1.29, 1.82) is 0 Å². The van der Waals surface area contributed by atoms with Crippen molar-refractivity contribution in [3.63, 3.8) is 0 Å². The lowest BCUT2D eigenvalue weighted by Crippen LogP contribution is -2.25. The lowest BCUT2D eigenvalue weighted by molar-refractivity contribution is 0.0942. The van der Waals surface area contributed by atoms with Crippen molar-refractivity contribution < 1.29 is 13.6 Å². The van der Waals surface area contributed by atoms with Crippen LogP contribution in [0.3, 0.4) is 0 Å². The molecule has 0 unspecified atom stereocenters. The molecule has 0 aliphatic carbocycles. The molecule has 0 aliphatic rings. The molecule has 0 saturated carbocycles. The Morgan fingerprint density at radius 2 is 1.71 bits per heavy atom. The van der Waals surface area contributed by atoms with Crippen LogP contribution < -0.4 is 5.32 Å². The van der Waals surface area contributed by atoms with Gasteiger partial charge in [-0.2, -0.15) is 0 Å². The summed E-state index contributed by atoms with van der Waals surface area (Å²) in [4.78, 5) is 15.9. The molecular formula is C18H15F2N3O. The van der Waals surface area contributed by atoms with E-state index in [-0.39, 0.29) is 6.54 Å². The monoisotopic (exact) mass is 327 g/mol. The molecule has 0 spiro atoms. The van der Waals surface area contributed by atoms with Gasteiger partial charge in [0.25, 0.3) is 5.91 Å². The summed E-state index contributed by atoms with van der Waals surface area (Å²) in [6.45, 7) is 0.894. The Hall–Kier alpha value is -3.02. The van der Waals surface area contributed by atoms with E-state index in [1.165, 1.54) is 6.07 Å². The highest BCUT2D eigenvalue weighted by Crippen LogP contribution is 2.12. The Morgan fingerprint density at radius 3 is 2.33 bits per heavy atom. The number of hydrogen-bond acceptors (Lipinski definition) is 2. The van der Waals surface area contributed by atoms with Crippen LogP contribution in [0.2, 0.25) is 0 Å². The number of aromatic nitrogens is 2. The molecule has 4 nitrogen and oxygen atoms in total. The van der Waals surface area contributed by atoms with Gasteiger partial charge in [-0.3, -0.25) is 4.79 Å². The van der Waals surface area contributed by atoms with Gasteiger partial charge in [-0.25, -0.2) is 13.8 Å². The fraction of sp³-hybridized carbons (Fsp3) is 0.111. The number of amides is 1. The molecule has 0 fully saturated rings. The molecule has 1 amide bonds. The summed E-state index contributed by atoms with van der Waals surface area (Å²) in [6, 6.07) is 10.9. The molecule has 1 heterocycles. The summed E-state index contributed by atoms with van der Waals surface area (Å²) >= 11 is 0. The van der Waals surface area contributed by atoms with Crippen LogP contribution >= 0.6 is 0 Å². The second-order valence-corrected chi connectivity index (χ2v) is 5.33. The number of hydrogen-bond donors (Lipinski definition) is 1. The van der Waals surface area contributed by atoms with E-state index < -0.39 is 23.1 Å². The third-order valence-electron chi connectivity index (χ3n) is 3.59. The van der Waals surface area contributed by atoms with E-state index in [2.05, 4.69) is 10.3 Å². The second kappa shape index (κ2) is 7.04. The number of halogens is 2. The number of carbonyl (C=O) groups is 1. The predicted molar refractivity (Wildman–Crippen MR) is 85.3 cm³/mol. The lowest BCUT2D eigenvalue weighted by atomic mass is 10.1. The molecule has 3 aromatic rings. The first-order valence-corrected chi connectivity index (χ1v) is 7.39. The molecule has 24 heavy (non-hydrogen) atoms. The van der Waals surface area contributed by atoms with E-state index in [0.29, 0.717) is 6.54 Å². The minimum atomic E-state index is -0.872. The molecule has 0 bridgehead atoms. The molecule has 0 radical (unpaired) electrons. The van der Waals surface area contributed by atoms with Gasteiger partial charge in [-0.05, 0) is 23.3 Å². The maximum atomic E-state index is 13.6. The predicted octanol–water partition coefficient (Wildman–Crippen LogP) is 3.14. The van der Waals surface area contributed by atoms with Gasteiger partial charge in [0.15, 0.2) is 0 Å². The summed E-state index contributed by atoms with van der Waals surface area (Å²) in [7, 11) is 0. The number of carbonyl (C=O) groups excluding carboxylic acids is 1. The van der Waals surface area contributed by atoms with Crippen LogP contribution in [0.15, 0.2) is 61.2 Å². The molecule has 2 aromatic carbocycles. The van der Waals surface area contributed by atoms with Crippen LogP contribution in [0.1, 0.15) is 21.5 Å². The molecule has 1 N–H and O–H groups in total. The van der Waals surface area contributed by atoms with E-state index in [9.17, 15) is 13.6 Å². The molecule has 1 aromatic heterocycles. The molecule has 0 aliphatic heterocycles. The largest absolute Gasteiger partial charge is 0.348 e. The minimum Gasteiger partial charge on any atom is -0.348 e. The third-order valence-corrected chi connectivity index (χ3v) is 3.59.